The molecule has 2 saturated heterocycles. The highest BCUT2D eigenvalue weighted by Gasteiger charge is 2.25. The average Bonchev–Trinajstić information content (AvgIpc) is 3.52. The number of nitrogens with zero attached hydrogens (tertiary/aromatic N) is 3. The average molecular weight is 506 g/mol. The van der Waals surface area contributed by atoms with E-state index in [1.54, 1.807) is 6.07 Å². The van der Waals surface area contributed by atoms with Gasteiger partial charge in [0.05, 0.1) is 22.2 Å². The fourth-order valence-corrected chi connectivity index (χ4v) is 5.69. The maximum Gasteiger partial charge on any atom is 0.261 e. The standard InChI is InChI=1S/C27H32ClN7O/c1-34(2)19-9-12-35(15-19)18-4-6-22-23(14-18)32-26(31-22)24-25(30-17-7-10-29-11-8-17)20-13-16(28)3-5-21(20)33-27(24)36/h3-6,13-14,17,19,29H,7-12,15H2,1-2H3,(H,31,32)(H2,30,33,36)/t19-/m1/s1. The number of hydrogen-bond donors (Lipinski definition) is 4. The molecule has 0 saturated carbocycles. The molecule has 0 amide bonds. The van der Waals surface area contributed by atoms with E-state index in [4.69, 9.17) is 16.6 Å². The van der Waals surface area contributed by atoms with Gasteiger partial charge in [-0.2, -0.15) is 0 Å². The van der Waals surface area contributed by atoms with Crippen molar-refractivity contribution < 1.29 is 0 Å². The molecule has 6 rings (SSSR count). The van der Waals surface area contributed by atoms with Crippen LogP contribution in [0.4, 0.5) is 11.4 Å². The third-order valence-electron chi connectivity index (χ3n) is 7.62. The van der Waals surface area contributed by atoms with Gasteiger partial charge in [-0.15, -0.1) is 0 Å². The molecule has 2 aliphatic heterocycles. The molecule has 4 aromatic rings. The van der Waals surface area contributed by atoms with Crippen molar-refractivity contribution >= 4 is 44.9 Å². The molecule has 0 spiro atoms. The van der Waals surface area contributed by atoms with Crippen LogP contribution in [0.15, 0.2) is 41.2 Å². The van der Waals surface area contributed by atoms with Crippen molar-refractivity contribution in [3.63, 3.8) is 0 Å². The quantitative estimate of drug-likeness (QED) is 0.327. The number of fused-ring (bicyclic) bond motifs is 2. The molecule has 9 heteroatoms. The van der Waals surface area contributed by atoms with Crippen molar-refractivity contribution in [2.24, 2.45) is 0 Å². The number of likely N-dealkylation sites (N-methyl/N-ethyl adjacent to an activating group) is 1. The van der Waals surface area contributed by atoms with Gasteiger partial charge in [0.15, 0.2) is 0 Å². The number of benzene rings is 2. The van der Waals surface area contributed by atoms with Gasteiger partial charge in [-0.25, -0.2) is 4.98 Å². The van der Waals surface area contributed by atoms with Crippen LogP contribution in [0.25, 0.3) is 33.3 Å². The first kappa shape index (κ1) is 23.3. The summed E-state index contributed by atoms with van der Waals surface area (Å²) in [4.78, 5) is 29.5. The molecule has 0 unspecified atom stereocenters. The van der Waals surface area contributed by atoms with Crippen LogP contribution in [0.2, 0.25) is 5.02 Å². The zero-order valence-electron chi connectivity index (χ0n) is 20.7. The van der Waals surface area contributed by atoms with Crippen molar-refractivity contribution in [2.75, 3.05) is 50.5 Å². The maximum absolute atomic E-state index is 13.4. The van der Waals surface area contributed by atoms with Crippen molar-refractivity contribution in [1.29, 1.82) is 0 Å². The summed E-state index contributed by atoms with van der Waals surface area (Å²) >= 11 is 6.38. The Hall–Kier alpha value is -3.07. The van der Waals surface area contributed by atoms with Crippen molar-refractivity contribution in [2.45, 2.75) is 31.3 Å². The van der Waals surface area contributed by atoms with Crippen LogP contribution >= 0.6 is 11.6 Å². The molecule has 2 aliphatic rings. The summed E-state index contributed by atoms with van der Waals surface area (Å²) in [6.45, 7) is 3.95. The zero-order valence-corrected chi connectivity index (χ0v) is 21.5. The number of H-pyrrole nitrogens is 2. The van der Waals surface area contributed by atoms with E-state index < -0.39 is 0 Å². The fourth-order valence-electron chi connectivity index (χ4n) is 5.52. The number of imidazole rings is 1. The van der Waals surface area contributed by atoms with Crippen LogP contribution in [-0.4, -0.2) is 72.2 Å². The molecule has 1 atom stereocenters. The first-order valence-electron chi connectivity index (χ1n) is 12.7. The van der Waals surface area contributed by atoms with E-state index in [0.717, 1.165) is 73.1 Å². The minimum absolute atomic E-state index is 0.172. The number of nitrogens with one attached hydrogen (secondary N) is 4. The molecule has 8 nitrogen and oxygen atoms in total. The highest BCUT2D eigenvalue weighted by atomic mass is 35.5. The largest absolute Gasteiger partial charge is 0.381 e. The lowest BCUT2D eigenvalue weighted by atomic mass is 10.0. The SMILES string of the molecule is CN(C)[C@@H]1CCN(c2ccc3nc(-c4c(NC5CCNCC5)c5cc(Cl)ccc5[nH]c4=O)[nH]c3c2)C1. The number of aromatic nitrogens is 3. The molecule has 0 aliphatic carbocycles. The molecular formula is C27H32ClN7O. The monoisotopic (exact) mass is 505 g/mol. The van der Waals surface area contributed by atoms with Crippen LogP contribution in [0.3, 0.4) is 0 Å². The lowest BCUT2D eigenvalue weighted by molar-refractivity contribution is 0.315. The summed E-state index contributed by atoms with van der Waals surface area (Å²) in [5.41, 5.74) is 4.84. The van der Waals surface area contributed by atoms with Gasteiger partial charge in [-0.1, -0.05) is 11.6 Å². The Kier molecular flexibility index (Phi) is 6.11. The minimum Gasteiger partial charge on any atom is -0.381 e. The molecule has 188 valence electrons. The highest BCUT2D eigenvalue weighted by Crippen LogP contribution is 2.34. The normalized spacial score (nSPS) is 19.1. The molecule has 4 N–H and O–H groups in total. The van der Waals surface area contributed by atoms with E-state index in [9.17, 15) is 4.79 Å². The van der Waals surface area contributed by atoms with Crippen LogP contribution in [0.1, 0.15) is 19.3 Å². The van der Waals surface area contributed by atoms with E-state index in [0.29, 0.717) is 22.5 Å². The van der Waals surface area contributed by atoms with E-state index in [2.05, 4.69) is 56.6 Å². The van der Waals surface area contributed by atoms with Gasteiger partial charge >= 0.3 is 0 Å². The van der Waals surface area contributed by atoms with Gasteiger partial charge in [-0.3, -0.25) is 4.79 Å². The molecule has 0 radical (unpaired) electrons. The Balaban J connectivity index is 1.43. The molecule has 4 heterocycles. The van der Waals surface area contributed by atoms with Crippen molar-refractivity contribution in [3.05, 3.63) is 51.8 Å². The first-order valence-corrected chi connectivity index (χ1v) is 13.1. The van der Waals surface area contributed by atoms with E-state index in [1.807, 2.05) is 18.2 Å². The van der Waals surface area contributed by atoms with E-state index >= 15 is 0 Å². The summed E-state index contributed by atoms with van der Waals surface area (Å²) in [5.74, 6) is 0.564. The highest BCUT2D eigenvalue weighted by molar-refractivity contribution is 6.31. The first-order chi connectivity index (χ1) is 17.5. The number of pyridine rings is 1. The second-order valence-corrected chi connectivity index (χ2v) is 10.6. The second kappa shape index (κ2) is 9.42. The number of rotatable bonds is 5. The zero-order chi connectivity index (χ0) is 24.8. The Morgan fingerprint density at radius 2 is 1.89 bits per heavy atom. The molecule has 0 bridgehead atoms. The van der Waals surface area contributed by atoms with Crippen LogP contribution in [0.5, 0.6) is 0 Å². The number of hydrogen-bond acceptors (Lipinski definition) is 6. The number of piperidine rings is 1. The lowest BCUT2D eigenvalue weighted by Crippen LogP contribution is -2.35. The topological polar surface area (TPSA) is 92.1 Å². The van der Waals surface area contributed by atoms with Gasteiger partial charge in [0.1, 0.15) is 11.4 Å². The van der Waals surface area contributed by atoms with Crippen molar-refractivity contribution in [1.82, 2.24) is 25.2 Å². The summed E-state index contributed by atoms with van der Waals surface area (Å²) in [5, 5.41) is 8.61. The third kappa shape index (κ3) is 4.34. The Morgan fingerprint density at radius 3 is 2.67 bits per heavy atom. The van der Waals surface area contributed by atoms with Crippen molar-refractivity contribution in [3.8, 4) is 11.4 Å². The van der Waals surface area contributed by atoms with Crippen LogP contribution in [0, 0.1) is 0 Å². The Morgan fingerprint density at radius 1 is 1.06 bits per heavy atom. The molecule has 36 heavy (non-hydrogen) atoms. The molecular weight excluding hydrogens is 474 g/mol. The summed E-state index contributed by atoms with van der Waals surface area (Å²) < 4.78 is 0. The molecule has 2 aromatic heterocycles. The Bertz CT molecular complexity index is 1470. The number of aromatic amines is 2. The van der Waals surface area contributed by atoms with Gasteiger partial charge < -0.3 is 30.4 Å². The van der Waals surface area contributed by atoms with Crippen LogP contribution in [-0.2, 0) is 0 Å². The van der Waals surface area contributed by atoms with E-state index in [1.165, 1.54) is 5.69 Å². The smallest absolute Gasteiger partial charge is 0.261 e. The maximum atomic E-state index is 13.4. The Labute approximate surface area is 215 Å². The van der Waals surface area contributed by atoms with Gasteiger partial charge in [0, 0.05) is 41.3 Å². The lowest BCUT2D eigenvalue weighted by Gasteiger charge is -2.26. The fraction of sp³-hybridized carbons (Fsp3) is 0.407. The third-order valence-corrected chi connectivity index (χ3v) is 7.86. The summed E-state index contributed by atoms with van der Waals surface area (Å²) in [7, 11) is 4.28. The van der Waals surface area contributed by atoms with Gasteiger partial charge in [0.2, 0.25) is 0 Å². The predicted octanol–water partition coefficient (Wildman–Crippen LogP) is 4.03. The van der Waals surface area contributed by atoms with E-state index in [-0.39, 0.29) is 11.6 Å². The minimum atomic E-state index is -0.172. The molecule has 2 aromatic carbocycles. The summed E-state index contributed by atoms with van der Waals surface area (Å²) in [6, 6.07) is 12.7. The molecule has 2 fully saturated rings. The van der Waals surface area contributed by atoms with Crippen LogP contribution < -0.4 is 21.1 Å². The van der Waals surface area contributed by atoms with Gasteiger partial charge in [0.25, 0.3) is 5.56 Å². The summed E-state index contributed by atoms with van der Waals surface area (Å²) in [6.07, 6.45) is 3.13. The van der Waals surface area contributed by atoms with Gasteiger partial charge in [-0.05, 0) is 82.8 Å². The second-order valence-electron chi connectivity index (χ2n) is 10.2. The number of anilines is 2. The number of halogens is 1. The predicted molar refractivity (Wildman–Crippen MR) is 148 cm³/mol.